The Morgan fingerprint density at radius 3 is 2.38 bits per heavy atom. The molecule has 2 aromatic carbocycles. The number of benzene rings is 2. The summed E-state index contributed by atoms with van der Waals surface area (Å²) in [7, 11) is 0. The van der Waals surface area contributed by atoms with Gasteiger partial charge in [-0.15, -0.1) is 0 Å². The van der Waals surface area contributed by atoms with E-state index in [1.807, 2.05) is 13.8 Å². The molecule has 2 amide bonds. The van der Waals surface area contributed by atoms with Crippen molar-refractivity contribution in [3.05, 3.63) is 36.4 Å². The van der Waals surface area contributed by atoms with Crippen LogP contribution in [0, 0.1) is 0 Å². The zero-order valence-corrected chi connectivity index (χ0v) is 14.0. The first-order valence-corrected chi connectivity index (χ1v) is 8.09. The zero-order chi connectivity index (χ0) is 17.5. The summed E-state index contributed by atoms with van der Waals surface area (Å²) < 4.78 is 0. The van der Waals surface area contributed by atoms with Crippen molar-refractivity contribution in [3.63, 3.8) is 0 Å². The van der Waals surface area contributed by atoms with Gasteiger partial charge in [-0.25, -0.2) is 0 Å². The molecular weight excluding hydrogens is 306 g/mol. The summed E-state index contributed by atoms with van der Waals surface area (Å²) in [5.41, 5.74) is 0.493. The molecule has 0 saturated carbocycles. The number of aromatic hydroxyl groups is 1. The van der Waals surface area contributed by atoms with Gasteiger partial charge in [0.25, 0.3) is 0 Å². The highest BCUT2D eigenvalue weighted by Crippen LogP contribution is 2.29. The summed E-state index contributed by atoms with van der Waals surface area (Å²) in [6, 6.07) is 10.2. The minimum atomic E-state index is -0.717. The van der Waals surface area contributed by atoms with Crippen LogP contribution in [0.1, 0.15) is 13.8 Å². The highest BCUT2D eigenvalue weighted by atomic mass is 16.3. The third-order valence-electron chi connectivity index (χ3n) is 3.96. The molecule has 0 bridgehead atoms. The van der Waals surface area contributed by atoms with E-state index in [2.05, 4.69) is 15.5 Å². The molecule has 128 valence electrons. The first-order valence-electron chi connectivity index (χ1n) is 8.09. The predicted molar refractivity (Wildman–Crippen MR) is 95.0 cm³/mol. The van der Waals surface area contributed by atoms with Crippen LogP contribution in [-0.2, 0) is 9.59 Å². The number of likely N-dealkylation sites (N-methyl/N-ethyl adjacent to an activating group) is 1. The molecule has 0 aliphatic heterocycles. The lowest BCUT2D eigenvalue weighted by Crippen LogP contribution is -2.40. The first kappa shape index (κ1) is 17.7. The van der Waals surface area contributed by atoms with Gasteiger partial charge in [0, 0.05) is 29.5 Å². The number of phenolic OH excluding ortho intramolecular Hbond substituents is 1. The maximum Gasteiger partial charge on any atom is 0.313 e. The molecule has 2 rings (SSSR count). The Morgan fingerprint density at radius 1 is 1.00 bits per heavy atom. The average Bonchev–Trinajstić information content (AvgIpc) is 2.59. The number of hydrogen-bond donors (Lipinski definition) is 3. The highest BCUT2D eigenvalue weighted by Gasteiger charge is 2.15. The molecule has 0 aromatic heterocycles. The highest BCUT2D eigenvalue weighted by molar-refractivity contribution is 6.40. The summed E-state index contributed by atoms with van der Waals surface area (Å²) in [6.07, 6.45) is 0. The SMILES string of the molecule is CCN(CC)CCNC(=O)C(=O)Nc1cccc2c(O)cccc12. The summed E-state index contributed by atoms with van der Waals surface area (Å²) in [5, 5.41) is 16.4. The fraction of sp³-hybridized carbons (Fsp3) is 0.333. The summed E-state index contributed by atoms with van der Waals surface area (Å²) in [6.45, 7) is 7.02. The Morgan fingerprint density at radius 2 is 1.67 bits per heavy atom. The van der Waals surface area contributed by atoms with E-state index >= 15 is 0 Å². The monoisotopic (exact) mass is 329 g/mol. The Kier molecular flexibility index (Phi) is 6.14. The second-order valence-electron chi connectivity index (χ2n) is 5.41. The second kappa shape index (κ2) is 8.31. The molecule has 2 aromatic rings. The zero-order valence-electron chi connectivity index (χ0n) is 14.0. The number of nitrogens with one attached hydrogen (secondary N) is 2. The minimum absolute atomic E-state index is 0.132. The third kappa shape index (κ3) is 4.23. The third-order valence-corrected chi connectivity index (χ3v) is 3.96. The molecule has 0 fully saturated rings. The number of hydrogen-bond acceptors (Lipinski definition) is 4. The van der Waals surface area contributed by atoms with Crippen LogP contribution in [0.15, 0.2) is 36.4 Å². The quantitative estimate of drug-likeness (QED) is 0.708. The Hall–Kier alpha value is -2.60. The second-order valence-corrected chi connectivity index (χ2v) is 5.41. The van der Waals surface area contributed by atoms with Crippen molar-refractivity contribution in [2.75, 3.05) is 31.5 Å². The van der Waals surface area contributed by atoms with Gasteiger partial charge < -0.3 is 20.6 Å². The normalized spacial score (nSPS) is 10.8. The lowest BCUT2D eigenvalue weighted by Gasteiger charge is -2.17. The van der Waals surface area contributed by atoms with E-state index in [1.54, 1.807) is 36.4 Å². The van der Waals surface area contributed by atoms with E-state index in [0.717, 1.165) is 13.1 Å². The molecular formula is C18H23N3O3. The molecule has 24 heavy (non-hydrogen) atoms. The van der Waals surface area contributed by atoms with Crippen LogP contribution in [0.25, 0.3) is 10.8 Å². The van der Waals surface area contributed by atoms with Gasteiger partial charge in [0.05, 0.1) is 0 Å². The summed E-state index contributed by atoms with van der Waals surface area (Å²) >= 11 is 0. The van der Waals surface area contributed by atoms with Crippen LogP contribution in [0.3, 0.4) is 0 Å². The smallest absolute Gasteiger partial charge is 0.313 e. The van der Waals surface area contributed by atoms with Gasteiger partial charge in [-0.2, -0.15) is 0 Å². The fourth-order valence-corrected chi connectivity index (χ4v) is 2.53. The van der Waals surface area contributed by atoms with Gasteiger partial charge in [-0.05, 0) is 25.2 Å². The largest absolute Gasteiger partial charge is 0.507 e. The van der Waals surface area contributed by atoms with E-state index in [4.69, 9.17) is 0 Å². The van der Waals surface area contributed by atoms with Gasteiger partial charge in [-0.3, -0.25) is 9.59 Å². The van der Waals surface area contributed by atoms with Crippen LogP contribution in [-0.4, -0.2) is 48.0 Å². The fourth-order valence-electron chi connectivity index (χ4n) is 2.53. The van der Waals surface area contributed by atoms with Crippen LogP contribution in [0.2, 0.25) is 0 Å². The number of rotatable bonds is 6. The molecule has 3 N–H and O–H groups in total. The molecule has 6 nitrogen and oxygen atoms in total. The maximum atomic E-state index is 12.1. The number of phenols is 1. The Labute approximate surface area is 141 Å². The number of fused-ring (bicyclic) bond motifs is 1. The molecule has 0 radical (unpaired) electrons. The number of nitrogens with zero attached hydrogens (tertiary/aromatic N) is 1. The number of anilines is 1. The van der Waals surface area contributed by atoms with Gasteiger partial charge in [0.2, 0.25) is 0 Å². The van der Waals surface area contributed by atoms with Crippen molar-refractivity contribution in [1.82, 2.24) is 10.2 Å². The van der Waals surface area contributed by atoms with Crippen molar-refractivity contribution < 1.29 is 14.7 Å². The van der Waals surface area contributed by atoms with E-state index < -0.39 is 11.8 Å². The van der Waals surface area contributed by atoms with E-state index in [9.17, 15) is 14.7 Å². The van der Waals surface area contributed by atoms with Crippen molar-refractivity contribution in [3.8, 4) is 5.75 Å². The number of carbonyl (C=O) groups excluding carboxylic acids is 2. The number of carbonyl (C=O) groups is 2. The standard InChI is InChI=1S/C18H23N3O3/c1-3-21(4-2)12-11-19-17(23)18(24)20-15-9-5-8-14-13(15)7-6-10-16(14)22/h5-10,22H,3-4,11-12H2,1-2H3,(H,19,23)(H,20,24). The predicted octanol–water partition coefficient (Wildman–Crippen LogP) is 1.94. The molecule has 6 heteroatoms. The van der Waals surface area contributed by atoms with Crippen LogP contribution in [0.5, 0.6) is 5.75 Å². The minimum Gasteiger partial charge on any atom is -0.507 e. The Balaban J connectivity index is 2.00. The summed E-state index contributed by atoms with van der Waals surface area (Å²) in [5.74, 6) is -1.25. The van der Waals surface area contributed by atoms with E-state index in [1.165, 1.54) is 0 Å². The van der Waals surface area contributed by atoms with Gasteiger partial charge in [-0.1, -0.05) is 38.1 Å². The molecule has 0 aliphatic carbocycles. The molecule has 0 atom stereocenters. The van der Waals surface area contributed by atoms with Crippen LogP contribution < -0.4 is 10.6 Å². The molecule has 0 aliphatic rings. The molecule has 0 heterocycles. The van der Waals surface area contributed by atoms with Gasteiger partial charge in [0.1, 0.15) is 5.75 Å². The Bertz CT molecular complexity index is 727. The van der Waals surface area contributed by atoms with Crippen LogP contribution >= 0.6 is 0 Å². The van der Waals surface area contributed by atoms with Crippen LogP contribution in [0.4, 0.5) is 5.69 Å². The van der Waals surface area contributed by atoms with E-state index in [-0.39, 0.29) is 5.75 Å². The van der Waals surface area contributed by atoms with Gasteiger partial charge in [0.15, 0.2) is 0 Å². The first-order chi connectivity index (χ1) is 11.6. The molecule has 0 unspecified atom stereocenters. The number of amides is 2. The summed E-state index contributed by atoms with van der Waals surface area (Å²) in [4.78, 5) is 26.1. The lowest BCUT2D eigenvalue weighted by atomic mass is 10.1. The molecule has 0 saturated heterocycles. The van der Waals surface area contributed by atoms with Gasteiger partial charge >= 0.3 is 11.8 Å². The topological polar surface area (TPSA) is 81.7 Å². The average molecular weight is 329 g/mol. The van der Waals surface area contributed by atoms with Crippen molar-refractivity contribution in [2.24, 2.45) is 0 Å². The lowest BCUT2D eigenvalue weighted by molar-refractivity contribution is -0.136. The van der Waals surface area contributed by atoms with Crippen molar-refractivity contribution in [2.45, 2.75) is 13.8 Å². The van der Waals surface area contributed by atoms with Crippen molar-refractivity contribution in [1.29, 1.82) is 0 Å². The van der Waals surface area contributed by atoms with Crippen molar-refractivity contribution >= 4 is 28.3 Å². The van der Waals surface area contributed by atoms with E-state index in [0.29, 0.717) is 29.5 Å². The maximum absolute atomic E-state index is 12.1. The molecule has 0 spiro atoms.